The number of piperidine rings is 1. The third-order valence-electron chi connectivity index (χ3n) is 7.40. The molecule has 5 heterocycles. The SMILES string of the molecule is O=C(O)c1cc2nc(CN3CCC(c4cccc(OCc5ccc(Cl)cc5F)n4)CC3)n(C[C@@H]3CCO3)c2o1. The zero-order chi connectivity index (χ0) is 26.9. The number of hydrogen-bond donors (Lipinski definition) is 1. The third kappa shape index (κ3) is 5.63. The van der Waals surface area contributed by atoms with E-state index in [1.807, 2.05) is 16.7 Å². The summed E-state index contributed by atoms with van der Waals surface area (Å²) in [4.78, 5) is 23.1. The Labute approximate surface area is 229 Å². The van der Waals surface area contributed by atoms with Crippen LogP contribution in [0.1, 0.15) is 52.8 Å². The Kier molecular flexibility index (Phi) is 7.24. The Hall–Kier alpha value is -3.47. The number of carboxylic acids is 1. The fraction of sp³-hybridized carbons (Fsp3) is 0.393. The number of benzene rings is 1. The van der Waals surface area contributed by atoms with Gasteiger partial charge in [-0.15, -0.1) is 0 Å². The molecule has 2 saturated heterocycles. The number of aromatic nitrogens is 3. The molecule has 11 heteroatoms. The maximum absolute atomic E-state index is 14.1. The molecule has 0 amide bonds. The fourth-order valence-electron chi connectivity index (χ4n) is 5.12. The van der Waals surface area contributed by atoms with E-state index in [0.29, 0.717) is 40.8 Å². The molecule has 0 saturated carbocycles. The van der Waals surface area contributed by atoms with Crippen molar-refractivity contribution >= 4 is 28.8 Å². The van der Waals surface area contributed by atoms with Crippen molar-refractivity contribution < 1.29 is 28.2 Å². The van der Waals surface area contributed by atoms with Crippen molar-refractivity contribution in [3.05, 3.63) is 76.1 Å². The van der Waals surface area contributed by atoms with E-state index in [2.05, 4.69) is 4.90 Å². The van der Waals surface area contributed by atoms with E-state index >= 15 is 0 Å². The predicted octanol–water partition coefficient (Wildman–Crippen LogP) is 5.26. The molecule has 2 aliphatic rings. The first-order valence-corrected chi connectivity index (χ1v) is 13.4. The number of likely N-dealkylation sites (tertiary alicyclic amines) is 1. The van der Waals surface area contributed by atoms with Gasteiger partial charge in [-0.3, -0.25) is 9.47 Å². The number of carboxylic acid groups (broad SMARTS) is 1. The molecule has 204 valence electrons. The van der Waals surface area contributed by atoms with Gasteiger partial charge in [0.25, 0.3) is 0 Å². The summed E-state index contributed by atoms with van der Waals surface area (Å²) in [5.41, 5.74) is 2.42. The van der Waals surface area contributed by atoms with Crippen molar-refractivity contribution in [1.29, 1.82) is 0 Å². The quantitative estimate of drug-likeness (QED) is 0.299. The lowest BCUT2D eigenvalue weighted by Gasteiger charge is -2.32. The topological polar surface area (TPSA) is 103 Å². The lowest BCUT2D eigenvalue weighted by Crippen LogP contribution is -2.35. The van der Waals surface area contributed by atoms with E-state index in [0.717, 1.165) is 50.5 Å². The average molecular weight is 555 g/mol. The van der Waals surface area contributed by atoms with Crippen molar-refractivity contribution in [2.45, 2.75) is 51.0 Å². The second kappa shape index (κ2) is 11.0. The van der Waals surface area contributed by atoms with Gasteiger partial charge in [0.1, 0.15) is 23.8 Å². The number of fused-ring (bicyclic) bond motifs is 1. The summed E-state index contributed by atoms with van der Waals surface area (Å²) in [6.45, 7) is 3.76. The zero-order valence-corrected chi connectivity index (χ0v) is 21.9. The van der Waals surface area contributed by atoms with Gasteiger partial charge in [-0.2, -0.15) is 0 Å². The van der Waals surface area contributed by atoms with Gasteiger partial charge < -0.3 is 19.0 Å². The maximum Gasteiger partial charge on any atom is 0.371 e. The van der Waals surface area contributed by atoms with E-state index in [1.165, 1.54) is 12.1 Å². The number of ether oxygens (including phenoxy) is 2. The normalized spacial score (nSPS) is 18.4. The highest BCUT2D eigenvalue weighted by Crippen LogP contribution is 2.30. The number of pyridine rings is 1. The molecule has 1 aromatic carbocycles. The minimum absolute atomic E-state index is 0.0767. The molecule has 1 atom stereocenters. The number of rotatable bonds is 9. The van der Waals surface area contributed by atoms with Crippen LogP contribution in [0.15, 0.2) is 46.9 Å². The van der Waals surface area contributed by atoms with Gasteiger partial charge >= 0.3 is 5.97 Å². The van der Waals surface area contributed by atoms with E-state index < -0.39 is 11.8 Å². The third-order valence-corrected chi connectivity index (χ3v) is 7.63. The van der Waals surface area contributed by atoms with Crippen LogP contribution in [0.4, 0.5) is 4.39 Å². The number of furan rings is 1. The first-order valence-electron chi connectivity index (χ1n) is 13.0. The second-order valence-corrected chi connectivity index (χ2v) is 10.4. The molecule has 0 spiro atoms. The Balaban J connectivity index is 1.09. The number of nitrogens with zero attached hydrogens (tertiary/aromatic N) is 4. The maximum atomic E-state index is 14.1. The summed E-state index contributed by atoms with van der Waals surface area (Å²) in [5, 5.41) is 9.65. The molecule has 3 aromatic heterocycles. The Bertz CT molecular complexity index is 1490. The molecular weight excluding hydrogens is 527 g/mol. The number of aromatic carboxylic acids is 1. The molecule has 9 nitrogen and oxygen atoms in total. The summed E-state index contributed by atoms with van der Waals surface area (Å²) in [6.07, 6.45) is 2.89. The molecule has 0 aliphatic carbocycles. The Morgan fingerprint density at radius 3 is 2.69 bits per heavy atom. The molecule has 39 heavy (non-hydrogen) atoms. The molecule has 0 unspecified atom stereocenters. The molecule has 0 radical (unpaired) electrons. The van der Waals surface area contributed by atoms with Gasteiger partial charge in [0.15, 0.2) is 0 Å². The molecule has 6 rings (SSSR count). The highest BCUT2D eigenvalue weighted by molar-refractivity contribution is 6.30. The summed E-state index contributed by atoms with van der Waals surface area (Å²) >= 11 is 5.83. The summed E-state index contributed by atoms with van der Waals surface area (Å²) in [5.74, 6) is -0.0227. The van der Waals surface area contributed by atoms with Crippen LogP contribution in [-0.4, -0.2) is 56.3 Å². The summed E-state index contributed by atoms with van der Waals surface area (Å²) in [7, 11) is 0. The van der Waals surface area contributed by atoms with Gasteiger partial charge in [0.2, 0.25) is 17.4 Å². The van der Waals surface area contributed by atoms with Crippen molar-refractivity contribution in [1.82, 2.24) is 19.4 Å². The standard InChI is InChI=1S/C28H28ClFN4O5/c29-19-5-4-18(21(30)12-19)16-38-26-3-1-2-22(32-26)17-6-9-33(10-7-17)15-25-31-23-13-24(28(35)36)39-27(23)34(25)14-20-8-11-37-20/h1-5,12-13,17,20H,6-11,14-16H2,(H,35,36)/t20-/m0/s1. The first kappa shape index (κ1) is 25.8. The van der Waals surface area contributed by atoms with Crippen molar-refractivity contribution in [2.24, 2.45) is 0 Å². The van der Waals surface area contributed by atoms with Crippen LogP contribution < -0.4 is 4.74 Å². The van der Waals surface area contributed by atoms with Crippen LogP contribution in [-0.2, 0) is 24.4 Å². The molecule has 4 aromatic rings. The monoisotopic (exact) mass is 554 g/mol. The molecule has 2 aliphatic heterocycles. The Morgan fingerprint density at radius 1 is 1.15 bits per heavy atom. The number of imidazole rings is 1. The van der Waals surface area contributed by atoms with E-state index in [-0.39, 0.29) is 24.4 Å². The fourth-order valence-corrected chi connectivity index (χ4v) is 5.28. The van der Waals surface area contributed by atoms with E-state index in [9.17, 15) is 14.3 Å². The van der Waals surface area contributed by atoms with Crippen LogP contribution in [0.25, 0.3) is 11.2 Å². The van der Waals surface area contributed by atoms with Crippen LogP contribution in [0.2, 0.25) is 5.02 Å². The lowest BCUT2D eigenvalue weighted by atomic mass is 9.93. The van der Waals surface area contributed by atoms with Crippen LogP contribution in [0.5, 0.6) is 5.88 Å². The number of carbonyl (C=O) groups is 1. The second-order valence-electron chi connectivity index (χ2n) is 10.0. The van der Waals surface area contributed by atoms with Crippen LogP contribution >= 0.6 is 11.6 Å². The van der Waals surface area contributed by atoms with Gasteiger partial charge in [-0.05, 0) is 50.6 Å². The predicted molar refractivity (Wildman–Crippen MR) is 141 cm³/mol. The smallest absolute Gasteiger partial charge is 0.371 e. The summed E-state index contributed by atoms with van der Waals surface area (Å²) in [6, 6.07) is 11.7. The van der Waals surface area contributed by atoms with Crippen molar-refractivity contribution in [3.8, 4) is 5.88 Å². The lowest BCUT2D eigenvalue weighted by molar-refractivity contribution is -0.0595. The number of hydrogen-bond acceptors (Lipinski definition) is 7. The van der Waals surface area contributed by atoms with Crippen molar-refractivity contribution in [3.63, 3.8) is 0 Å². The first-order chi connectivity index (χ1) is 18.9. The Morgan fingerprint density at radius 2 is 1.97 bits per heavy atom. The summed E-state index contributed by atoms with van der Waals surface area (Å²) < 4.78 is 33.1. The largest absolute Gasteiger partial charge is 0.475 e. The highest BCUT2D eigenvalue weighted by atomic mass is 35.5. The van der Waals surface area contributed by atoms with Crippen LogP contribution in [0.3, 0.4) is 0 Å². The minimum Gasteiger partial charge on any atom is -0.475 e. The zero-order valence-electron chi connectivity index (χ0n) is 21.2. The highest BCUT2D eigenvalue weighted by Gasteiger charge is 2.27. The minimum atomic E-state index is -1.11. The average Bonchev–Trinajstić information content (AvgIpc) is 3.45. The van der Waals surface area contributed by atoms with E-state index in [1.54, 1.807) is 18.2 Å². The molecule has 0 bridgehead atoms. The van der Waals surface area contributed by atoms with Gasteiger partial charge in [-0.25, -0.2) is 19.2 Å². The van der Waals surface area contributed by atoms with Crippen molar-refractivity contribution in [2.75, 3.05) is 19.7 Å². The van der Waals surface area contributed by atoms with Gasteiger partial charge in [0.05, 0.1) is 19.2 Å². The van der Waals surface area contributed by atoms with E-state index in [4.69, 9.17) is 35.5 Å². The molecular formula is C28H28ClFN4O5. The molecule has 2 fully saturated rings. The van der Waals surface area contributed by atoms with Gasteiger partial charge in [-0.1, -0.05) is 23.7 Å². The van der Waals surface area contributed by atoms with Crippen LogP contribution in [0, 0.1) is 5.82 Å². The molecule has 1 N–H and O–H groups in total. The number of halogens is 2. The van der Waals surface area contributed by atoms with Gasteiger partial charge in [0, 0.05) is 40.9 Å².